The van der Waals surface area contributed by atoms with Gasteiger partial charge in [-0.3, -0.25) is 0 Å². The maximum absolute atomic E-state index is 2.39. The fourth-order valence-corrected chi connectivity index (χ4v) is 3.48. The first-order valence-electron chi connectivity index (χ1n) is 12.2. The first-order valence-corrected chi connectivity index (χ1v) is 12.2. The summed E-state index contributed by atoms with van der Waals surface area (Å²) < 4.78 is 0. The zero-order valence-electron chi connectivity index (χ0n) is 18.5. The highest BCUT2D eigenvalue weighted by atomic mass is 14.0. The number of rotatable bonds is 21. The highest BCUT2D eigenvalue weighted by Gasteiger charge is 1.91. The Morgan fingerprint density at radius 3 is 1.00 bits per heavy atom. The van der Waals surface area contributed by atoms with Crippen LogP contribution in [0.4, 0.5) is 0 Å². The number of allylic oxidation sites excluding steroid dienone is 4. The van der Waals surface area contributed by atoms with Gasteiger partial charge in [-0.05, 0) is 32.1 Å². The van der Waals surface area contributed by atoms with Crippen molar-refractivity contribution in [3.8, 4) is 0 Å². The van der Waals surface area contributed by atoms with Crippen molar-refractivity contribution < 1.29 is 0 Å². The average molecular weight is 363 g/mol. The van der Waals surface area contributed by atoms with Crippen LogP contribution in [-0.2, 0) is 0 Å². The molecule has 0 saturated carbocycles. The lowest BCUT2D eigenvalue weighted by atomic mass is 10.1. The predicted octanol–water partition coefficient (Wildman–Crippen LogP) is 9.94. The Hall–Kier alpha value is -0.520. The molecule has 0 nitrogen and oxygen atoms in total. The van der Waals surface area contributed by atoms with E-state index in [0.29, 0.717) is 0 Å². The first kappa shape index (κ1) is 25.5. The van der Waals surface area contributed by atoms with Crippen molar-refractivity contribution in [3.05, 3.63) is 24.3 Å². The van der Waals surface area contributed by atoms with Crippen molar-refractivity contribution in [2.45, 2.75) is 142 Å². The summed E-state index contributed by atoms with van der Waals surface area (Å²) in [6.45, 7) is 4.58. The first-order chi connectivity index (χ1) is 12.9. The molecule has 0 heterocycles. The van der Waals surface area contributed by atoms with Crippen LogP contribution in [0, 0.1) is 0 Å². The maximum Gasteiger partial charge on any atom is -0.0169 e. The van der Waals surface area contributed by atoms with Crippen molar-refractivity contribution >= 4 is 0 Å². The molecular formula is C26H50. The van der Waals surface area contributed by atoms with Crippen molar-refractivity contribution in [2.24, 2.45) is 0 Å². The molecular weight excluding hydrogens is 312 g/mol. The van der Waals surface area contributed by atoms with Crippen LogP contribution in [0.25, 0.3) is 0 Å². The summed E-state index contributed by atoms with van der Waals surface area (Å²) in [4.78, 5) is 0. The van der Waals surface area contributed by atoms with E-state index in [2.05, 4.69) is 38.2 Å². The molecule has 0 aliphatic rings. The van der Waals surface area contributed by atoms with Gasteiger partial charge in [0.05, 0.1) is 0 Å². The summed E-state index contributed by atoms with van der Waals surface area (Å²) in [6, 6.07) is 0. The van der Waals surface area contributed by atoms with E-state index in [4.69, 9.17) is 0 Å². The van der Waals surface area contributed by atoms with Gasteiger partial charge in [-0.1, -0.05) is 134 Å². The minimum Gasteiger partial charge on any atom is -0.0882 e. The molecule has 0 aromatic heterocycles. The predicted molar refractivity (Wildman–Crippen MR) is 122 cm³/mol. The van der Waals surface area contributed by atoms with E-state index in [1.165, 1.54) is 122 Å². The minimum absolute atomic E-state index is 1.13. The molecule has 0 aromatic rings. The normalized spacial score (nSPS) is 11.9. The highest BCUT2D eigenvalue weighted by molar-refractivity contribution is 4.92. The summed E-state index contributed by atoms with van der Waals surface area (Å²) in [5.41, 5.74) is 0. The lowest BCUT2D eigenvalue weighted by Crippen LogP contribution is -1.80. The lowest BCUT2D eigenvalue weighted by Gasteiger charge is -2.00. The fourth-order valence-electron chi connectivity index (χ4n) is 3.48. The van der Waals surface area contributed by atoms with Gasteiger partial charge in [0, 0.05) is 0 Å². The van der Waals surface area contributed by atoms with Crippen molar-refractivity contribution in [2.75, 3.05) is 0 Å². The van der Waals surface area contributed by atoms with E-state index in [1.807, 2.05) is 0 Å². The van der Waals surface area contributed by atoms with E-state index >= 15 is 0 Å². The topological polar surface area (TPSA) is 0 Å². The Labute approximate surface area is 166 Å². The SMILES string of the molecule is CCCCCCCCCCC=CCC=CCCCCCCCCCCC. The van der Waals surface area contributed by atoms with Crippen molar-refractivity contribution in [1.82, 2.24) is 0 Å². The Morgan fingerprint density at radius 2 is 0.654 bits per heavy atom. The van der Waals surface area contributed by atoms with Gasteiger partial charge in [-0.15, -0.1) is 0 Å². The van der Waals surface area contributed by atoms with Gasteiger partial charge < -0.3 is 0 Å². The average Bonchev–Trinajstić information content (AvgIpc) is 2.66. The van der Waals surface area contributed by atoms with E-state index in [-0.39, 0.29) is 0 Å². The van der Waals surface area contributed by atoms with Crippen LogP contribution in [0.3, 0.4) is 0 Å². The Morgan fingerprint density at radius 1 is 0.346 bits per heavy atom. The summed E-state index contributed by atoms with van der Waals surface area (Å²) in [5.74, 6) is 0. The Balaban J connectivity index is 3.14. The summed E-state index contributed by atoms with van der Waals surface area (Å²) in [5, 5.41) is 0. The molecule has 0 atom stereocenters. The standard InChI is InChI=1S/C26H50/c1-3-5-7-9-11-13-15-17-19-21-23-25-26-24-22-20-18-16-14-12-10-8-6-4-2/h21,23-24,26H,3-20,22,25H2,1-2H3. The second-order valence-corrected chi connectivity index (χ2v) is 8.06. The monoisotopic (exact) mass is 362 g/mol. The molecule has 0 heteroatoms. The van der Waals surface area contributed by atoms with Crippen LogP contribution in [-0.4, -0.2) is 0 Å². The van der Waals surface area contributed by atoms with Gasteiger partial charge in [-0.25, -0.2) is 0 Å². The Bertz CT molecular complexity index is 286. The second-order valence-electron chi connectivity index (χ2n) is 8.06. The molecule has 0 bridgehead atoms. The molecule has 0 saturated heterocycles. The van der Waals surface area contributed by atoms with Gasteiger partial charge >= 0.3 is 0 Å². The van der Waals surface area contributed by atoms with Gasteiger partial charge in [0.25, 0.3) is 0 Å². The van der Waals surface area contributed by atoms with Crippen molar-refractivity contribution in [3.63, 3.8) is 0 Å². The summed E-state index contributed by atoms with van der Waals surface area (Å²) in [7, 11) is 0. The molecule has 0 fully saturated rings. The molecule has 0 radical (unpaired) electrons. The summed E-state index contributed by atoms with van der Waals surface area (Å²) >= 11 is 0. The third-order valence-corrected chi connectivity index (χ3v) is 5.30. The van der Waals surface area contributed by atoms with Gasteiger partial charge in [0.2, 0.25) is 0 Å². The van der Waals surface area contributed by atoms with E-state index in [1.54, 1.807) is 0 Å². The zero-order chi connectivity index (χ0) is 19.0. The van der Waals surface area contributed by atoms with Crippen molar-refractivity contribution in [1.29, 1.82) is 0 Å². The molecule has 0 aliphatic carbocycles. The number of hydrogen-bond acceptors (Lipinski definition) is 0. The molecule has 0 rings (SSSR count). The van der Waals surface area contributed by atoms with Crippen LogP contribution in [0.2, 0.25) is 0 Å². The molecule has 26 heavy (non-hydrogen) atoms. The molecule has 0 amide bonds. The number of hydrogen-bond donors (Lipinski definition) is 0. The van der Waals surface area contributed by atoms with Gasteiger partial charge in [-0.2, -0.15) is 0 Å². The quantitative estimate of drug-likeness (QED) is 0.141. The van der Waals surface area contributed by atoms with Crippen LogP contribution in [0.5, 0.6) is 0 Å². The maximum atomic E-state index is 2.39. The van der Waals surface area contributed by atoms with Crippen LogP contribution < -0.4 is 0 Å². The third-order valence-electron chi connectivity index (χ3n) is 5.30. The van der Waals surface area contributed by atoms with E-state index < -0.39 is 0 Å². The van der Waals surface area contributed by atoms with Gasteiger partial charge in [0.1, 0.15) is 0 Å². The largest absolute Gasteiger partial charge is 0.0882 e. The van der Waals surface area contributed by atoms with Crippen LogP contribution in [0.15, 0.2) is 24.3 Å². The van der Waals surface area contributed by atoms with Gasteiger partial charge in [0.15, 0.2) is 0 Å². The van der Waals surface area contributed by atoms with E-state index in [9.17, 15) is 0 Å². The zero-order valence-corrected chi connectivity index (χ0v) is 18.5. The Kier molecular flexibility index (Phi) is 24.0. The second kappa shape index (κ2) is 24.5. The molecule has 0 aliphatic heterocycles. The van der Waals surface area contributed by atoms with E-state index in [0.717, 1.165) is 6.42 Å². The minimum atomic E-state index is 1.13. The van der Waals surface area contributed by atoms with Crippen LogP contribution >= 0.6 is 0 Å². The molecule has 0 aromatic carbocycles. The fraction of sp³-hybridized carbons (Fsp3) is 0.846. The lowest BCUT2D eigenvalue weighted by molar-refractivity contribution is 0.566. The highest BCUT2D eigenvalue weighted by Crippen LogP contribution is 2.11. The smallest absolute Gasteiger partial charge is 0.0169 e. The molecule has 154 valence electrons. The molecule has 0 unspecified atom stereocenters. The molecule has 0 spiro atoms. The number of unbranched alkanes of at least 4 members (excludes halogenated alkanes) is 17. The third kappa shape index (κ3) is 23.5. The van der Waals surface area contributed by atoms with Crippen LogP contribution in [0.1, 0.15) is 142 Å². The summed E-state index contributed by atoms with van der Waals surface area (Å²) in [6.07, 6.45) is 37.4. The molecule has 0 N–H and O–H groups in total.